The molecule has 1 N–H and O–H groups in total. The minimum absolute atomic E-state index is 0.190. The third-order valence-electron chi connectivity index (χ3n) is 4.82. The smallest absolute Gasteiger partial charge is 0.340 e. The van der Waals surface area contributed by atoms with Gasteiger partial charge in [0.05, 0.1) is 11.3 Å². The summed E-state index contributed by atoms with van der Waals surface area (Å²) in [5, 5.41) is 2.29. The van der Waals surface area contributed by atoms with Crippen LogP contribution in [-0.4, -0.2) is 22.5 Å². The van der Waals surface area contributed by atoms with E-state index in [0.29, 0.717) is 18.2 Å². The van der Waals surface area contributed by atoms with Crippen LogP contribution in [0.5, 0.6) is 0 Å². The summed E-state index contributed by atoms with van der Waals surface area (Å²) in [7, 11) is 0. The first-order chi connectivity index (χ1) is 14.3. The predicted molar refractivity (Wildman–Crippen MR) is 109 cm³/mol. The summed E-state index contributed by atoms with van der Waals surface area (Å²) in [5.41, 5.74) is 2.86. The van der Waals surface area contributed by atoms with E-state index in [-0.39, 0.29) is 5.69 Å². The number of amides is 1. The fourth-order valence-electron chi connectivity index (χ4n) is 3.12. The van der Waals surface area contributed by atoms with Crippen LogP contribution in [0.1, 0.15) is 34.2 Å². The van der Waals surface area contributed by atoms with Crippen LogP contribution in [0.25, 0.3) is 0 Å². The fraction of sp³-hybridized carbons (Fsp3) is 0.217. The second-order valence-electron chi connectivity index (χ2n) is 7.02. The standard InChI is InChI=1S/C23H22F2N2O3/c1-14-11-19(15(2)27(14)13-17-7-5-4-6-8-17)23(29)30-16(3)22(28)26-21-10-9-18(24)12-20(21)25/h4-12,16H,13H2,1-3H3,(H,26,28)/t16-/m0/s1. The summed E-state index contributed by atoms with van der Waals surface area (Å²) in [4.78, 5) is 24.9. The summed E-state index contributed by atoms with van der Waals surface area (Å²) < 4.78 is 34.0. The molecular weight excluding hydrogens is 390 g/mol. The maximum Gasteiger partial charge on any atom is 0.340 e. The number of aromatic nitrogens is 1. The highest BCUT2D eigenvalue weighted by atomic mass is 19.1. The van der Waals surface area contributed by atoms with Crippen molar-refractivity contribution in [3.63, 3.8) is 0 Å². The van der Waals surface area contributed by atoms with Crippen LogP contribution in [0.15, 0.2) is 54.6 Å². The molecule has 0 bridgehead atoms. The summed E-state index contributed by atoms with van der Waals surface area (Å²) in [6, 6.07) is 14.3. The highest BCUT2D eigenvalue weighted by Gasteiger charge is 2.23. The van der Waals surface area contributed by atoms with Crippen LogP contribution in [0.2, 0.25) is 0 Å². The predicted octanol–water partition coefficient (Wildman–Crippen LogP) is 4.62. The lowest BCUT2D eigenvalue weighted by Gasteiger charge is -2.14. The number of carbonyl (C=O) groups excluding carboxylic acids is 2. The van der Waals surface area contributed by atoms with Gasteiger partial charge in [-0.2, -0.15) is 0 Å². The lowest BCUT2D eigenvalue weighted by Crippen LogP contribution is -2.30. The maximum absolute atomic E-state index is 13.7. The van der Waals surface area contributed by atoms with Crippen molar-refractivity contribution in [1.29, 1.82) is 0 Å². The molecule has 156 valence electrons. The van der Waals surface area contributed by atoms with Crippen LogP contribution in [0.4, 0.5) is 14.5 Å². The zero-order chi connectivity index (χ0) is 21.8. The minimum atomic E-state index is -1.17. The van der Waals surface area contributed by atoms with Gasteiger partial charge in [-0.3, -0.25) is 4.79 Å². The average molecular weight is 412 g/mol. The van der Waals surface area contributed by atoms with Crippen molar-refractivity contribution in [2.45, 2.75) is 33.4 Å². The summed E-state index contributed by atoms with van der Waals surface area (Å²) in [6.45, 7) is 5.69. The molecule has 0 radical (unpaired) electrons. The number of nitrogens with one attached hydrogen (secondary N) is 1. The number of benzene rings is 2. The first-order valence-corrected chi connectivity index (χ1v) is 9.44. The Labute approximate surface area is 173 Å². The number of rotatable bonds is 6. The van der Waals surface area contributed by atoms with Gasteiger partial charge >= 0.3 is 5.97 Å². The quantitative estimate of drug-likeness (QED) is 0.601. The van der Waals surface area contributed by atoms with E-state index in [4.69, 9.17) is 4.74 Å². The van der Waals surface area contributed by atoms with E-state index in [1.54, 1.807) is 6.07 Å². The molecule has 3 aromatic rings. The van der Waals surface area contributed by atoms with Gasteiger partial charge in [0.25, 0.3) is 5.91 Å². The Balaban J connectivity index is 1.69. The second kappa shape index (κ2) is 8.90. The monoisotopic (exact) mass is 412 g/mol. The number of carbonyl (C=O) groups is 2. The molecule has 3 rings (SSSR count). The Kier molecular flexibility index (Phi) is 6.30. The molecule has 5 nitrogen and oxygen atoms in total. The Bertz CT molecular complexity index is 1080. The molecule has 0 aliphatic heterocycles. The summed E-state index contributed by atoms with van der Waals surface area (Å²) in [5.74, 6) is -3.03. The van der Waals surface area contributed by atoms with Gasteiger partial charge in [-0.15, -0.1) is 0 Å². The molecular formula is C23H22F2N2O3. The normalized spacial score (nSPS) is 11.8. The number of halogens is 2. The van der Waals surface area contributed by atoms with E-state index >= 15 is 0 Å². The zero-order valence-corrected chi connectivity index (χ0v) is 16.9. The molecule has 1 heterocycles. The van der Waals surface area contributed by atoms with Crippen LogP contribution in [-0.2, 0) is 16.1 Å². The molecule has 1 atom stereocenters. The molecule has 7 heteroatoms. The Morgan fingerprint density at radius 1 is 1.07 bits per heavy atom. The molecule has 0 fully saturated rings. The van der Waals surface area contributed by atoms with Crippen LogP contribution in [0.3, 0.4) is 0 Å². The molecule has 0 unspecified atom stereocenters. The Morgan fingerprint density at radius 3 is 2.43 bits per heavy atom. The fourth-order valence-corrected chi connectivity index (χ4v) is 3.12. The van der Waals surface area contributed by atoms with Crippen molar-refractivity contribution in [3.8, 4) is 0 Å². The highest BCUT2D eigenvalue weighted by Crippen LogP contribution is 2.20. The first-order valence-electron chi connectivity index (χ1n) is 9.44. The van der Waals surface area contributed by atoms with Gasteiger partial charge in [0.1, 0.15) is 11.6 Å². The van der Waals surface area contributed by atoms with Crippen molar-refractivity contribution in [2.75, 3.05) is 5.32 Å². The SMILES string of the molecule is Cc1cc(C(=O)O[C@@H](C)C(=O)Nc2ccc(F)cc2F)c(C)n1Cc1ccccc1. The first kappa shape index (κ1) is 21.2. The van der Waals surface area contributed by atoms with Crippen molar-refractivity contribution >= 4 is 17.6 Å². The topological polar surface area (TPSA) is 60.3 Å². The van der Waals surface area contributed by atoms with Gasteiger partial charge in [0.2, 0.25) is 0 Å². The Morgan fingerprint density at radius 2 is 1.77 bits per heavy atom. The highest BCUT2D eigenvalue weighted by molar-refractivity contribution is 5.97. The molecule has 0 aliphatic carbocycles. The number of nitrogens with zero attached hydrogens (tertiary/aromatic N) is 1. The van der Waals surface area contributed by atoms with Crippen LogP contribution < -0.4 is 5.32 Å². The third-order valence-corrected chi connectivity index (χ3v) is 4.82. The van der Waals surface area contributed by atoms with E-state index in [9.17, 15) is 18.4 Å². The lowest BCUT2D eigenvalue weighted by atomic mass is 10.2. The van der Waals surface area contributed by atoms with Gasteiger partial charge in [0, 0.05) is 24.0 Å². The number of esters is 1. The summed E-state index contributed by atoms with van der Waals surface area (Å²) >= 11 is 0. The number of aryl methyl sites for hydroxylation is 1. The maximum atomic E-state index is 13.7. The molecule has 1 amide bonds. The van der Waals surface area contributed by atoms with Crippen molar-refractivity contribution < 1.29 is 23.1 Å². The number of anilines is 1. The molecule has 1 aromatic heterocycles. The summed E-state index contributed by atoms with van der Waals surface area (Å²) in [6.07, 6.45) is -1.17. The molecule has 0 spiro atoms. The van der Waals surface area contributed by atoms with E-state index in [0.717, 1.165) is 29.1 Å². The van der Waals surface area contributed by atoms with E-state index in [1.165, 1.54) is 6.92 Å². The Hall–Kier alpha value is -3.48. The molecule has 2 aromatic carbocycles. The lowest BCUT2D eigenvalue weighted by molar-refractivity contribution is -0.123. The van der Waals surface area contributed by atoms with Crippen molar-refractivity contribution in [1.82, 2.24) is 4.57 Å². The van der Waals surface area contributed by atoms with Gasteiger partial charge in [-0.25, -0.2) is 13.6 Å². The van der Waals surface area contributed by atoms with Gasteiger partial charge < -0.3 is 14.6 Å². The van der Waals surface area contributed by atoms with Crippen molar-refractivity contribution in [2.24, 2.45) is 0 Å². The number of hydrogen-bond donors (Lipinski definition) is 1. The van der Waals surface area contributed by atoms with Gasteiger partial charge in [-0.05, 0) is 44.5 Å². The van der Waals surface area contributed by atoms with E-state index in [1.807, 2.05) is 48.7 Å². The van der Waals surface area contributed by atoms with Crippen LogP contribution >= 0.6 is 0 Å². The van der Waals surface area contributed by atoms with E-state index in [2.05, 4.69) is 5.32 Å². The van der Waals surface area contributed by atoms with Crippen LogP contribution in [0, 0.1) is 25.5 Å². The molecule has 0 saturated heterocycles. The largest absolute Gasteiger partial charge is 0.449 e. The minimum Gasteiger partial charge on any atom is -0.449 e. The van der Waals surface area contributed by atoms with E-state index < -0.39 is 29.6 Å². The van der Waals surface area contributed by atoms with Gasteiger partial charge in [0.15, 0.2) is 6.10 Å². The second-order valence-corrected chi connectivity index (χ2v) is 7.02. The zero-order valence-electron chi connectivity index (χ0n) is 16.9. The third kappa shape index (κ3) is 4.74. The molecule has 30 heavy (non-hydrogen) atoms. The molecule has 0 saturated carbocycles. The average Bonchev–Trinajstić information content (AvgIpc) is 2.99. The molecule has 0 aliphatic rings. The van der Waals surface area contributed by atoms with Crippen molar-refractivity contribution in [3.05, 3.63) is 88.7 Å². The number of ether oxygens (including phenoxy) is 1. The number of hydrogen-bond acceptors (Lipinski definition) is 3. The van der Waals surface area contributed by atoms with Gasteiger partial charge in [-0.1, -0.05) is 30.3 Å².